The van der Waals surface area contributed by atoms with Crippen molar-refractivity contribution in [1.29, 1.82) is 0 Å². The molecule has 1 aromatic rings. The van der Waals surface area contributed by atoms with Crippen molar-refractivity contribution in [3.63, 3.8) is 0 Å². The minimum atomic E-state index is -2.89. The van der Waals surface area contributed by atoms with Crippen molar-refractivity contribution in [2.75, 3.05) is 44.8 Å². The molecule has 0 radical (unpaired) electrons. The molecule has 7 rings (SSSR count). The third-order valence-electron chi connectivity index (χ3n) is 16.7. The van der Waals surface area contributed by atoms with E-state index in [-0.39, 0.29) is 50.6 Å². The van der Waals surface area contributed by atoms with Gasteiger partial charge in [0, 0.05) is 37.6 Å². The highest BCUT2D eigenvalue weighted by Gasteiger charge is 2.70. The second kappa shape index (κ2) is 13.0. The van der Waals surface area contributed by atoms with Crippen LogP contribution < -0.4 is 5.32 Å². The van der Waals surface area contributed by atoms with Crippen LogP contribution in [0.25, 0.3) is 5.57 Å². The number of rotatable bonds is 7. The number of ether oxygens (including phenoxy) is 1. The molecule has 0 spiro atoms. The molecule has 2 N–H and O–H groups in total. The third-order valence-corrected chi connectivity index (χ3v) is 18.3. The third kappa shape index (κ3) is 5.76. The van der Waals surface area contributed by atoms with E-state index in [4.69, 9.17) is 4.74 Å². The number of allylic oxidation sites excluding steroid dienone is 2. The minimum Gasteiger partial charge on any atom is -0.465 e. The molecule has 51 heavy (non-hydrogen) atoms. The summed E-state index contributed by atoms with van der Waals surface area (Å²) in [5, 5.41) is 18.1. The molecule has 1 heterocycles. The van der Waals surface area contributed by atoms with Crippen LogP contribution >= 0.6 is 0 Å². The molecule has 0 bridgehead atoms. The van der Waals surface area contributed by atoms with Crippen LogP contribution in [0.1, 0.15) is 115 Å². The Morgan fingerprint density at radius 1 is 0.941 bits per heavy atom. The molecule has 0 unspecified atom stereocenters. The normalized spacial score (nSPS) is 41.7. The Morgan fingerprint density at radius 3 is 2.31 bits per heavy atom. The summed E-state index contributed by atoms with van der Waals surface area (Å²) in [5.41, 5.74) is 4.76. The molecule has 1 aliphatic heterocycles. The lowest BCUT2D eigenvalue weighted by molar-refractivity contribution is -0.218. The van der Waals surface area contributed by atoms with Gasteiger partial charge in [-0.25, -0.2) is 13.2 Å². The number of nitrogens with one attached hydrogen (secondary N) is 1. The van der Waals surface area contributed by atoms with E-state index in [1.807, 2.05) is 19.1 Å². The maximum atomic E-state index is 12.1. The Balaban J connectivity index is 1.15. The van der Waals surface area contributed by atoms with Gasteiger partial charge in [0.05, 0.1) is 29.9 Å². The first kappa shape index (κ1) is 37.1. The molecule has 5 fully saturated rings. The number of carbonyl (C=O) groups excluding carboxylic acids is 1. The first-order chi connectivity index (χ1) is 24.1. The zero-order chi connectivity index (χ0) is 36.6. The standard InChI is InChI=1S/C42H63N3O5S/c1-28(44-47)31-14-19-42(43-22-23-45-24-26-51(48,49)27-25-45)21-20-40(5)33(36(31)42)12-13-35-39(4)17-15-32(29-8-10-30(11-9-29)37(46)50-7)38(2,3)34(39)16-18-41(35,40)6/h8-11,15,31,33-36,43,47H,12-14,16-27H2,1-7H3/b44-28+/t31-,33+,34-,35+,36+,39-,40+,41+,42-/m0/s1. The predicted molar refractivity (Wildman–Crippen MR) is 204 cm³/mol. The van der Waals surface area contributed by atoms with Gasteiger partial charge in [0.1, 0.15) is 0 Å². The summed E-state index contributed by atoms with van der Waals surface area (Å²) < 4.78 is 29.0. The highest BCUT2D eigenvalue weighted by molar-refractivity contribution is 7.91. The van der Waals surface area contributed by atoms with E-state index in [9.17, 15) is 18.4 Å². The van der Waals surface area contributed by atoms with Crippen LogP contribution in [0.2, 0.25) is 0 Å². The molecule has 6 aliphatic rings. The molecule has 4 saturated carbocycles. The molecule has 9 atom stereocenters. The Hall–Kier alpha value is -2.23. The van der Waals surface area contributed by atoms with Crippen LogP contribution in [0.5, 0.6) is 0 Å². The van der Waals surface area contributed by atoms with Crippen molar-refractivity contribution in [1.82, 2.24) is 10.2 Å². The van der Waals surface area contributed by atoms with Gasteiger partial charge in [0.25, 0.3) is 0 Å². The number of sulfone groups is 1. The number of esters is 1. The number of oxime groups is 1. The lowest BCUT2D eigenvalue weighted by atomic mass is 9.33. The highest BCUT2D eigenvalue weighted by atomic mass is 32.2. The van der Waals surface area contributed by atoms with Crippen molar-refractivity contribution >= 4 is 27.1 Å². The predicted octanol–water partition coefficient (Wildman–Crippen LogP) is 7.47. The molecule has 282 valence electrons. The number of carbonyl (C=O) groups is 1. The second-order valence-electron chi connectivity index (χ2n) is 18.8. The first-order valence-corrected chi connectivity index (χ1v) is 21.6. The number of hydrogen-bond donors (Lipinski definition) is 2. The van der Waals surface area contributed by atoms with Gasteiger partial charge >= 0.3 is 5.97 Å². The summed E-state index contributed by atoms with van der Waals surface area (Å²) >= 11 is 0. The largest absolute Gasteiger partial charge is 0.465 e. The van der Waals surface area contributed by atoms with Crippen molar-refractivity contribution in [3.8, 4) is 0 Å². The van der Waals surface area contributed by atoms with Gasteiger partial charge < -0.3 is 20.2 Å². The van der Waals surface area contributed by atoms with Gasteiger partial charge in [-0.3, -0.25) is 0 Å². The van der Waals surface area contributed by atoms with E-state index in [1.54, 1.807) is 0 Å². The molecular formula is C42H63N3O5S. The maximum Gasteiger partial charge on any atom is 0.337 e. The van der Waals surface area contributed by atoms with Crippen molar-refractivity contribution in [2.24, 2.45) is 56.4 Å². The van der Waals surface area contributed by atoms with E-state index in [0.717, 1.165) is 44.5 Å². The van der Waals surface area contributed by atoms with Crippen LogP contribution in [0.15, 0.2) is 35.5 Å². The van der Waals surface area contributed by atoms with Crippen molar-refractivity contribution in [2.45, 2.75) is 105 Å². The Labute approximate surface area is 307 Å². The molecule has 0 amide bonds. The minimum absolute atomic E-state index is 0.00823. The van der Waals surface area contributed by atoms with Gasteiger partial charge in [0.15, 0.2) is 9.84 Å². The lowest BCUT2D eigenvalue weighted by Gasteiger charge is -2.72. The zero-order valence-corrected chi connectivity index (χ0v) is 33.1. The number of benzene rings is 1. The van der Waals surface area contributed by atoms with Crippen molar-refractivity contribution < 1.29 is 23.2 Å². The fourth-order valence-electron chi connectivity index (χ4n) is 13.9. The monoisotopic (exact) mass is 721 g/mol. The van der Waals surface area contributed by atoms with Crippen LogP contribution in [-0.2, 0) is 14.6 Å². The number of methoxy groups -OCH3 is 1. The molecule has 5 aliphatic carbocycles. The van der Waals surface area contributed by atoms with Crippen LogP contribution in [0, 0.1) is 51.2 Å². The van der Waals surface area contributed by atoms with Gasteiger partial charge in [-0.05, 0) is 133 Å². The molecular weight excluding hydrogens is 659 g/mol. The van der Waals surface area contributed by atoms with E-state index in [0.29, 0.717) is 42.3 Å². The fourth-order valence-corrected chi connectivity index (χ4v) is 15.2. The highest BCUT2D eigenvalue weighted by Crippen LogP contribution is 2.76. The smallest absolute Gasteiger partial charge is 0.337 e. The average Bonchev–Trinajstić information content (AvgIpc) is 3.48. The molecule has 8 nitrogen and oxygen atoms in total. The summed E-state index contributed by atoms with van der Waals surface area (Å²) in [6, 6.07) is 8.03. The average molecular weight is 722 g/mol. The quantitative estimate of drug-likeness (QED) is 0.130. The van der Waals surface area contributed by atoms with Gasteiger partial charge in [-0.15, -0.1) is 0 Å². The molecule has 9 heteroatoms. The summed E-state index contributed by atoms with van der Waals surface area (Å²) in [5.74, 6) is 2.72. The van der Waals surface area contributed by atoms with Gasteiger partial charge in [-0.2, -0.15) is 0 Å². The zero-order valence-electron chi connectivity index (χ0n) is 32.3. The Morgan fingerprint density at radius 2 is 1.65 bits per heavy atom. The summed E-state index contributed by atoms with van der Waals surface area (Å²) in [6.45, 7) is 17.9. The molecule has 0 aromatic heterocycles. The summed E-state index contributed by atoms with van der Waals surface area (Å²) in [4.78, 5) is 14.5. The second-order valence-corrected chi connectivity index (χ2v) is 21.1. The molecule has 1 aromatic carbocycles. The van der Waals surface area contributed by atoms with Gasteiger partial charge in [-0.1, -0.05) is 58.0 Å². The van der Waals surface area contributed by atoms with Crippen LogP contribution in [0.3, 0.4) is 0 Å². The van der Waals surface area contributed by atoms with E-state index in [1.165, 1.54) is 50.4 Å². The molecule has 1 saturated heterocycles. The maximum absolute atomic E-state index is 12.1. The van der Waals surface area contributed by atoms with Crippen LogP contribution in [0.4, 0.5) is 0 Å². The summed E-state index contributed by atoms with van der Waals surface area (Å²) in [7, 11) is -1.46. The Bertz CT molecular complexity index is 1670. The van der Waals surface area contributed by atoms with Crippen LogP contribution in [-0.4, -0.2) is 80.5 Å². The first-order valence-electron chi connectivity index (χ1n) is 19.8. The number of hydrogen-bond acceptors (Lipinski definition) is 8. The van der Waals surface area contributed by atoms with Gasteiger partial charge in [0.2, 0.25) is 0 Å². The fraction of sp³-hybridized carbons (Fsp3) is 0.762. The SMILES string of the molecule is COC(=O)c1ccc(C2=CC[C@]3(C)[C@H]4CC[C@@H]5[C@H]6[C@H](/C(C)=N/O)CC[C@]6(NCCN6CCS(=O)(=O)CC6)CC[C@@]5(C)[C@]4(C)CC[C@H]3C2(C)C)cc1. The van der Waals surface area contributed by atoms with E-state index >= 15 is 0 Å². The number of nitrogens with zero attached hydrogens (tertiary/aromatic N) is 2. The lowest BCUT2D eigenvalue weighted by Crippen LogP contribution is -2.68. The number of fused-ring (bicyclic) bond motifs is 7. The van der Waals surface area contributed by atoms with E-state index < -0.39 is 9.84 Å². The summed E-state index contributed by atoms with van der Waals surface area (Å²) in [6.07, 6.45) is 13.1. The topological polar surface area (TPSA) is 108 Å². The van der Waals surface area contributed by atoms with E-state index in [2.05, 4.69) is 68.2 Å². The Kier molecular flexibility index (Phi) is 9.43. The van der Waals surface area contributed by atoms with Crippen molar-refractivity contribution in [3.05, 3.63) is 41.5 Å².